The van der Waals surface area contributed by atoms with Crippen molar-refractivity contribution in [2.75, 3.05) is 0 Å². The lowest BCUT2D eigenvalue weighted by Gasteiger charge is -2.19. The maximum absolute atomic E-state index is 7.76. The van der Waals surface area contributed by atoms with E-state index in [1.807, 2.05) is 24.3 Å². The maximum Gasteiger partial charge on any atom is 0.114 e. The van der Waals surface area contributed by atoms with Crippen molar-refractivity contribution in [2.24, 2.45) is 5.73 Å². The Kier molecular flexibility index (Phi) is 3.65. The molecular weight excluding hydrogens is 224 g/mol. The highest BCUT2D eigenvalue weighted by molar-refractivity contribution is 5.85. The predicted molar refractivity (Wildman–Crippen MR) is 75.0 cm³/mol. The first kappa shape index (κ1) is 12.6. The summed E-state index contributed by atoms with van der Waals surface area (Å²) < 4.78 is 2.13. The average Bonchev–Trinajstić information content (AvgIpc) is 2.69. The van der Waals surface area contributed by atoms with Gasteiger partial charge in [0.25, 0.3) is 0 Å². The number of imidazole rings is 1. The van der Waals surface area contributed by atoms with E-state index in [4.69, 9.17) is 11.1 Å². The van der Waals surface area contributed by atoms with E-state index in [1.165, 1.54) is 0 Å². The highest BCUT2D eigenvalue weighted by atomic mass is 15.1. The largest absolute Gasteiger partial charge is 0.386 e. The molecule has 0 saturated carbocycles. The van der Waals surface area contributed by atoms with Crippen LogP contribution in [0.4, 0.5) is 0 Å². The molecule has 0 saturated heterocycles. The molecule has 0 aliphatic heterocycles. The molecule has 4 nitrogen and oxygen atoms in total. The van der Waals surface area contributed by atoms with Crippen LogP contribution in [-0.2, 0) is 6.42 Å². The second-order valence-corrected chi connectivity index (χ2v) is 4.52. The molecule has 96 valence electrons. The van der Waals surface area contributed by atoms with Crippen molar-refractivity contribution in [1.82, 2.24) is 9.55 Å². The van der Waals surface area contributed by atoms with Gasteiger partial charge < -0.3 is 10.3 Å². The van der Waals surface area contributed by atoms with E-state index in [9.17, 15) is 0 Å². The van der Waals surface area contributed by atoms with E-state index in [0.717, 1.165) is 36.1 Å². The van der Waals surface area contributed by atoms with Gasteiger partial charge in [0.2, 0.25) is 0 Å². The van der Waals surface area contributed by atoms with E-state index < -0.39 is 0 Å². The van der Waals surface area contributed by atoms with Gasteiger partial charge in [0.15, 0.2) is 0 Å². The Morgan fingerprint density at radius 2 is 2.11 bits per heavy atom. The lowest BCUT2D eigenvalue weighted by atomic mass is 10.2. The Hall–Kier alpha value is -1.84. The Labute approximate surface area is 107 Å². The summed E-state index contributed by atoms with van der Waals surface area (Å²) in [5, 5.41) is 7.76. The van der Waals surface area contributed by atoms with Crippen LogP contribution in [-0.4, -0.2) is 15.4 Å². The van der Waals surface area contributed by atoms with E-state index >= 15 is 0 Å². The number of rotatable bonds is 5. The van der Waals surface area contributed by atoms with Crippen molar-refractivity contribution < 1.29 is 0 Å². The van der Waals surface area contributed by atoms with Crippen LogP contribution in [0.1, 0.15) is 38.6 Å². The molecule has 0 fully saturated rings. The lowest BCUT2D eigenvalue weighted by Crippen LogP contribution is -2.26. The van der Waals surface area contributed by atoms with Crippen LogP contribution in [0.5, 0.6) is 0 Å². The van der Waals surface area contributed by atoms with Gasteiger partial charge >= 0.3 is 0 Å². The molecule has 0 spiro atoms. The molecule has 1 aromatic carbocycles. The Morgan fingerprint density at radius 3 is 2.72 bits per heavy atom. The number of hydrogen-bond donors (Lipinski definition) is 2. The zero-order chi connectivity index (χ0) is 13.1. The molecule has 2 rings (SSSR count). The van der Waals surface area contributed by atoms with Crippen LogP contribution in [0.2, 0.25) is 0 Å². The molecule has 4 heteroatoms. The van der Waals surface area contributed by atoms with E-state index in [2.05, 4.69) is 23.4 Å². The van der Waals surface area contributed by atoms with Crippen LogP contribution in [0, 0.1) is 5.41 Å². The molecule has 0 bridgehead atoms. The highest BCUT2D eigenvalue weighted by Crippen LogP contribution is 2.24. The normalized spacial score (nSPS) is 12.8. The minimum absolute atomic E-state index is 0.0843. The fourth-order valence-corrected chi connectivity index (χ4v) is 2.38. The molecule has 1 unspecified atom stereocenters. The van der Waals surface area contributed by atoms with Gasteiger partial charge in [-0.2, -0.15) is 0 Å². The van der Waals surface area contributed by atoms with Crippen molar-refractivity contribution in [1.29, 1.82) is 5.41 Å². The second-order valence-electron chi connectivity index (χ2n) is 4.52. The number of nitrogens with zero attached hydrogens (tertiary/aromatic N) is 2. The molecule has 1 atom stereocenters. The quantitative estimate of drug-likeness (QED) is 0.627. The number of nitrogens with two attached hydrogens (primary N) is 1. The van der Waals surface area contributed by atoms with Gasteiger partial charge in [0.1, 0.15) is 11.7 Å². The lowest BCUT2D eigenvalue weighted by molar-refractivity contribution is 0.590. The molecule has 1 aromatic heterocycles. The van der Waals surface area contributed by atoms with E-state index in [-0.39, 0.29) is 11.9 Å². The highest BCUT2D eigenvalue weighted by Gasteiger charge is 2.19. The molecule has 0 aliphatic carbocycles. The number of nitrogens with one attached hydrogen (secondary N) is 1. The third-order valence-corrected chi connectivity index (χ3v) is 3.20. The Bertz CT molecular complexity index is 556. The standard InChI is InChI=1S/C14H20N4/c1-3-7-13-17-10-8-5-6-9-12(10)18(13)11(4-2)14(15)16/h5-6,8-9,11H,3-4,7H2,1-2H3,(H3,15,16). The number of aromatic nitrogens is 2. The van der Waals surface area contributed by atoms with Gasteiger partial charge in [-0.1, -0.05) is 26.0 Å². The van der Waals surface area contributed by atoms with Crippen molar-refractivity contribution >= 4 is 16.9 Å². The van der Waals surface area contributed by atoms with E-state index in [1.54, 1.807) is 0 Å². The Morgan fingerprint density at radius 1 is 1.39 bits per heavy atom. The molecule has 18 heavy (non-hydrogen) atoms. The number of benzene rings is 1. The monoisotopic (exact) mass is 244 g/mol. The molecule has 2 aromatic rings. The van der Waals surface area contributed by atoms with Gasteiger partial charge in [0.05, 0.1) is 17.1 Å². The molecule has 0 radical (unpaired) electrons. The van der Waals surface area contributed by atoms with Gasteiger partial charge in [-0.25, -0.2) is 4.98 Å². The summed E-state index contributed by atoms with van der Waals surface area (Å²) in [6, 6.07) is 7.97. The fraction of sp³-hybridized carbons (Fsp3) is 0.429. The summed E-state index contributed by atoms with van der Waals surface area (Å²) >= 11 is 0. The smallest absolute Gasteiger partial charge is 0.114 e. The summed E-state index contributed by atoms with van der Waals surface area (Å²) in [5.41, 5.74) is 7.79. The number of para-hydroxylation sites is 2. The number of aryl methyl sites for hydroxylation is 1. The molecule has 0 aliphatic rings. The van der Waals surface area contributed by atoms with Gasteiger partial charge in [-0.15, -0.1) is 0 Å². The van der Waals surface area contributed by atoms with Gasteiger partial charge in [-0.3, -0.25) is 5.41 Å². The first-order valence-corrected chi connectivity index (χ1v) is 6.48. The minimum atomic E-state index is -0.0843. The molecule has 3 N–H and O–H groups in total. The second kappa shape index (κ2) is 5.21. The third kappa shape index (κ3) is 2.10. The maximum atomic E-state index is 7.76. The summed E-state index contributed by atoms with van der Waals surface area (Å²) in [6.07, 6.45) is 2.77. The van der Waals surface area contributed by atoms with Crippen LogP contribution >= 0.6 is 0 Å². The Balaban J connectivity index is 2.63. The summed E-state index contributed by atoms with van der Waals surface area (Å²) in [4.78, 5) is 4.66. The van der Waals surface area contributed by atoms with Crippen molar-refractivity contribution in [3.8, 4) is 0 Å². The zero-order valence-electron chi connectivity index (χ0n) is 11.0. The number of hydrogen-bond acceptors (Lipinski definition) is 2. The van der Waals surface area contributed by atoms with Gasteiger partial charge in [0, 0.05) is 6.42 Å². The first-order valence-electron chi connectivity index (χ1n) is 6.48. The zero-order valence-corrected chi connectivity index (χ0v) is 11.0. The summed E-state index contributed by atoms with van der Waals surface area (Å²) in [6.45, 7) is 4.19. The van der Waals surface area contributed by atoms with Crippen LogP contribution in [0.3, 0.4) is 0 Å². The molecule has 1 heterocycles. The minimum Gasteiger partial charge on any atom is -0.386 e. The van der Waals surface area contributed by atoms with Gasteiger partial charge in [-0.05, 0) is 25.0 Å². The molecule has 0 amide bonds. The van der Waals surface area contributed by atoms with Crippen LogP contribution in [0.25, 0.3) is 11.0 Å². The average molecular weight is 244 g/mol. The van der Waals surface area contributed by atoms with Crippen LogP contribution < -0.4 is 5.73 Å². The predicted octanol–water partition coefficient (Wildman–Crippen LogP) is 2.88. The van der Waals surface area contributed by atoms with Crippen molar-refractivity contribution in [3.63, 3.8) is 0 Å². The topological polar surface area (TPSA) is 67.7 Å². The van der Waals surface area contributed by atoms with E-state index in [0.29, 0.717) is 0 Å². The van der Waals surface area contributed by atoms with Crippen LogP contribution in [0.15, 0.2) is 24.3 Å². The summed E-state index contributed by atoms with van der Waals surface area (Å²) in [5.74, 6) is 1.23. The molecular formula is C14H20N4. The fourth-order valence-electron chi connectivity index (χ4n) is 2.38. The van der Waals surface area contributed by atoms with Crippen molar-refractivity contribution in [2.45, 2.75) is 39.2 Å². The SMILES string of the molecule is CCCc1nc2ccccc2n1C(CC)C(=N)N. The number of amidine groups is 1. The van der Waals surface area contributed by atoms with Crippen molar-refractivity contribution in [3.05, 3.63) is 30.1 Å². The third-order valence-electron chi connectivity index (χ3n) is 3.20. The summed E-state index contributed by atoms with van der Waals surface area (Å²) in [7, 11) is 0. The first-order chi connectivity index (χ1) is 8.69. The number of fused-ring (bicyclic) bond motifs is 1.